The lowest BCUT2D eigenvalue weighted by Gasteiger charge is -2.00. The Kier molecular flexibility index (Phi) is 2.83. The van der Waals surface area contributed by atoms with E-state index < -0.39 is 17.1 Å². The maximum atomic E-state index is 11.4. The van der Waals surface area contributed by atoms with Crippen LogP contribution in [-0.2, 0) is 4.79 Å². The largest absolute Gasteiger partial charge is 0.457 e. The van der Waals surface area contributed by atoms with E-state index in [1.807, 2.05) is 0 Å². The van der Waals surface area contributed by atoms with Gasteiger partial charge in [-0.3, -0.25) is 9.79 Å². The minimum atomic E-state index is -4.92. The SMILES string of the molecule is CN=C(Cl)C(=O)C(F)(F)F. The van der Waals surface area contributed by atoms with Crippen molar-refractivity contribution in [3.05, 3.63) is 0 Å². The van der Waals surface area contributed by atoms with E-state index >= 15 is 0 Å². The van der Waals surface area contributed by atoms with Crippen LogP contribution in [0.25, 0.3) is 0 Å². The van der Waals surface area contributed by atoms with E-state index in [9.17, 15) is 18.0 Å². The molecule has 0 aliphatic heterocycles. The molecule has 0 rings (SSSR count). The number of Topliss-reactive ketones (excluding diaryl/α,β-unsaturated/α-hetero) is 1. The Balaban J connectivity index is 4.39. The van der Waals surface area contributed by atoms with Crippen LogP contribution >= 0.6 is 11.6 Å². The van der Waals surface area contributed by atoms with Crippen LogP contribution in [-0.4, -0.2) is 24.2 Å². The smallest absolute Gasteiger partial charge is 0.281 e. The van der Waals surface area contributed by atoms with Gasteiger partial charge in [0.15, 0.2) is 5.17 Å². The standard InChI is InChI=1S/C4H3ClF3NO/c1-9-3(5)2(10)4(6,7)8/h1H3. The molecule has 0 N–H and O–H groups in total. The highest BCUT2D eigenvalue weighted by atomic mass is 35.5. The maximum absolute atomic E-state index is 11.4. The van der Waals surface area contributed by atoms with Crippen molar-refractivity contribution in [1.82, 2.24) is 0 Å². The summed E-state index contributed by atoms with van der Waals surface area (Å²) in [6, 6.07) is 0. The predicted molar refractivity (Wildman–Crippen MR) is 30.3 cm³/mol. The summed E-state index contributed by atoms with van der Waals surface area (Å²) >= 11 is 4.78. The summed E-state index contributed by atoms with van der Waals surface area (Å²) in [6.07, 6.45) is -4.92. The normalized spacial score (nSPS) is 13.5. The molecule has 0 spiro atoms. The fourth-order valence-corrected chi connectivity index (χ4v) is 0.326. The molecule has 2 nitrogen and oxygen atoms in total. The van der Waals surface area contributed by atoms with E-state index in [0.29, 0.717) is 0 Å². The Bertz CT molecular complexity index is 174. The van der Waals surface area contributed by atoms with E-state index in [-0.39, 0.29) is 0 Å². The molecule has 0 radical (unpaired) electrons. The van der Waals surface area contributed by atoms with Crippen LogP contribution < -0.4 is 0 Å². The number of halogens is 4. The molecule has 0 aromatic carbocycles. The molecule has 0 aliphatic carbocycles. The lowest BCUT2D eigenvalue weighted by atomic mass is 10.4. The summed E-state index contributed by atoms with van der Waals surface area (Å²) in [6.45, 7) is 0. The van der Waals surface area contributed by atoms with Gasteiger partial charge < -0.3 is 0 Å². The first-order valence-corrected chi connectivity index (χ1v) is 2.51. The van der Waals surface area contributed by atoms with Crippen LogP contribution in [0.1, 0.15) is 0 Å². The van der Waals surface area contributed by atoms with Gasteiger partial charge in [-0.15, -0.1) is 0 Å². The third kappa shape index (κ3) is 2.34. The molecule has 0 heterocycles. The van der Waals surface area contributed by atoms with Crippen LogP contribution in [0.3, 0.4) is 0 Å². The zero-order valence-electron chi connectivity index (χ0n) is 4.87. The van der Waals surface area contributed by atoms with Crippen molar-refractivity contribution < 1.29 is 18.0 Å². The molecule has 58 valence electrons. The van der Waals surface area contributed by atoms with Crippen molar-refractivity contribution in [2.45, 2.75) is 6.18 Å². The Morgan fingerprint density at radius 1 is 1.50 bits per heavy atom. The molecule has 10 heavy (non-hydrogen) atoms. The monoisotopic (exact) mass is 173 g/mol. The van der Waals surface area contributed by atoms with Crippen LogP contribution in [0.15, 0.2) is 4.99 Å². The fourth-order valence-electron chi connectivity index (χ4n) is 0.219. The number of hydrogen-bond donors (Lipinski definition) is 0. The van der Waals surface area contributed by atoms with Crippen LogP contribution in [0, 0.1) is 0 Å². The van der Waals surface area contributed by atoms with Crippen molar-refractivity contribution in [1.29, 1.82) is 0 Å². The average Bonchev–Trinajstić information content (AvgIpc) is 1.83. The van der Waals surface area contributed by atoms with Crippen molar-refractivity contribution in [3.8, 4) is 0 Å². The topological polar surface area (TPSA) is 29.4 Å². The zero-order chi connectivity index (χ0) is 8.36. The number of hydrogen-bond acceptors (Lipinski definition) is 2. The first-order valence-electron chi connectivity index (χ1n) is 2.13. The third-order valence-corrected chi connectivity index (χ3v) is 0.982. The molecule has 0 bridgehead atoms. The highest BCUT2D eigenvalue weighted by Crippen LogP contribution is 2.17. The lowest BCUT2D eigenvalue weighted by molar-refractivity contribution is -0.162. The summed E-state index contributed by atoms with van der Waals surface area (Å²) < 4.78 is 34.1. The van der Waals surface area contributed by atoms with Crippen LogP contribution in [0.2, 0.25) is 0 Å². The lowest BCUT2D eigenvalue weighted by Crippen LogP contribution is -2.27. The molecular weight excluding hydrogens is 170 g/mol. The first-order chi connectivity index (χ1) is 4.39. The van der Waals surface area contributed by atoms with Crippen molar-refractivity contribution in [3.63, 3.8) is 0 Å². The van der Waals surface area contributed by atoms with Crippen molar-refractivity contribution in [2.24, 2.45) is 4.99 Å². The number of carbonyl (C=O) groups excluding carboxylic acids is 1. The molecule has 6 heteroatoms. The molecule has 0 saturated carbocycles. The molecule has 0 atom stereocenters. The molecule has 0 aliphatic rings. The van der Waals surface area contributed by atoms with Gasteiger partial charge in [0.05, 0.1) is 0 Å². The highest BCUT2D eigenvalue weighted by Gasteiger charge is 2.40. The van der Waals surface area contributed by atoms with E-state index in [1.54, 1.807) is 0 Å². The van der Waals surface area contributed by atoms with Crippen molar-refractivity contribution in [2.75, 3.05) is 7.05 Å². The van der Waals surface area contributed by atoms with Crippen LogP contribution in [0.5, 0.6) is 0 Å². The molecule has 0 saturated heterocycles. The molecule has 0 fully saturated rings. The summed E-state index contributed by atoms with van der Waals surface area (Å²) in [5, 5.41) is -1.05. The van der Waals surface area contributed by atoms with E-state index in [4.69, 9.17) is 11.6 Å². The summed E-state index contributed by atoms with van der Waals surface area (Å²) in [5.41, 5.74) is 0. The summed E-state index contributed by atoms with van der Waals surface area (Å²) in [4.78, 5) is 12.9. The molecule has 0 amide bonds. The number of rotatable bonds is 1. The summed E-state index contributed by atoms with van der Waals surface area (Å²) in [5.74, 6) is -2.11. The predicted octanol–water partition coefficient (Wildman–Crippen LogP) is 1.38. The van der Waals surface area contributed by atoms with E-state index in [0.717, 1.165) is 7.05 Å². The maximum Gasteiger partial charge on any atom is 0.457 e. The quantitative estimate of drug-likeness (QED) is 0.551. The van der Waals surface area contributed by atoms with Gasteiger partial charge >= 0.3 is 6.18 Å². The molecule has 0 aromatic heterocycles. The van der Waals surface area contributed by atoms with Gasteiger partial charge in [-0.05, 0) is 0 Å². The Morgan fingerprint density at radius 2 is 1.90 bits per heavy atom. The van der Waals surface area contributed by atoms with E-state index in [2.05, 4.69) is 4.99 Å². The van der Waals surface area contributed by atoms with E-state index in [1.165, 1.54) is 0 Å². The minimum Gasteiger partial charge on any atom is -0.281 e. The van der Waals surface area contributed by atoms with Gasteiger partial charge in [-0.25, -0.2) is 0 Å². The number of nitrogens with zero attached hydrogens (tertiary/aromatic N) is 1. The van der Waals surface area contributed by atoms with Crippen LogP contribution in [0.4, 0.5) is 13.2 Å². The van der Waals surface area contributed by atoms with Gasteiger partial charge in [-0.1, -0.05) is 11.6 Å². The Morgan fingerprint density at radius 3 is 2.00 bits per heavy atom. The van der Waals surface area contributed by atoms with Crippen molar-refractivity contribution >= 4 is 22.6 Å². The number of alkyl halides is 3. The Hall–Kier alpha value is -0.580. The summed E-state index contributed by atoms with van der Waals surface area (Å²) in [7, 11) is 1.01. The average molecular weight is 174 g/mol. The second kappa shape index (κ2) is 3.01. The second-order valence-electron chi connectivity index (χ2n) is 1.34. The molecular formula is C4H3ClF3NO. The third-order valence-electron chi connectivity index (χ3n) is 0.641. The zero-order valence-corrected chi connectivity index (χ0v) is 5.62. The van der Waals surface area contributed by atoms with Gasteiger partial charge in [0.1, 0.15) is 0 Å². The van der Waals surface area contributed by atoms with Gasteiger partial charge in [0.2, 0.25) is 0 Å². The molecule has 0 unspecified atom stereocenters. The first kappa shape index (κ1) is 9.42. The molecule has 0 aromatic rings. The highest BCUT2D eigenvalue weighted by molar-refractivity contribution is 6.83. The Labute approximate surface area is 59.7 Å². The number of ketones is 1. The fraction of sp³-hybridized carbons (Fsp3) is 0.500. The van der Waals surface area contributed by atoms with Gasteiger partial charge in [0.25, 0.3) is 5.78 Å². The number of carbonyl (C=O) groups is 1. The van der Waals surface area contributed by atoms with Gasteiger partial charge in [-0.2, -0.15) is 13.2 Å². The number of aliphatic imine (C=N–C) groups is 1. The second-order valence-corrected chi connectivity index (χ2v) is 1.70. The van der Waals surface area contributed by atoms with Gasteiger partial charge in [0, 0.05) is 7.05 Å². The minimum absolute atomic E-state index is 1.01.